The molecule has 21 heavy (non-hydrogen) atoms. The molecular formula is C17H19N3O. The molecule has 0 radical (unpaired) electrons. The van der Waals surface area contributed by atoms with Crippen LogP contribution in [0, 0.1) is 0 Å². The second kappa shape index (κ2) is 5.87. The number of imidazole rings is 1. The Kier molecular flexibility index (Phi) is 3.77. The number of benzene rings is 2. The minimum atomic E-state index is 0.670. The molecule has 1 heterocycles. The van der Waals surface area contributed by atoms with Gasteiger partial charge in [0, 0.05) is 6.54 Å². The molecule has 0 saturated carbocycles. The fourth-order valence-electron chi connectivity index (χ4n) is 2.58. The summed E-state index contributed by atoms with van der Waals surface area (Å²) in [6, 6.07) is 16.1. The summed E-state index contributed by atoms with van der Waals surface area (Å²) in [6.45, 7) is 3.72. The molecule has 3 rings (SSSR count). The van der Waals surface area contributed by atoms with Gasteiger partial charge in [0.1, 0.15) is 11.6 Å². The second-order valence-corrected chi connectivity index (χ2v) is 4.81. The van der Waals surface area contributed by atoms with Gasteiger partial charge in [0.05, 0.1) is 30.4 Å². The summed E-state index contributed by atoms with van der Waals surface area (Å²) in [6.07, 6.45) is 0. The van der Waals surface area contributed by atoms with E-state index in [0.717, 1.165) is 29.3 Å². The van der Waals surface area contributed by atoms with Gasteiger partial charge in [0.15, 0.2) is 0 Å². The minimum Gasteiger partial charge on any atom is -0.495 e. The number of nitrogens with one attached hydrogen (secondary N) is 1. The van der Waals surface area contributed by atoms with Crippen molar-refractivity contribution in [3.8, 4) is 5.75 Å². The van der Waals surface area contributed by atoms with Crippen LogP contribution in [0.2, 0.25) is 0 Å². The van der Waals surface area contributed by atoms with Crippen LogP contribution in [0.5, 0.6) is 5.75 Å². The second-order valence-electron chi connectivity index (χ2n) is 4.81. The van der Waals surface area contributed by atoms with Crippen molar-refractivity contribution in [3.63, 3.8) is 0 Å². The Morgan fingerprint density at radius 2 is 1.86 bits per heavy atom. The van der Waals surface area contributed by atoms with E-state index in [9.17, 15) is 0 Å². The van der Waals surface area contributed by atoms with Crippen LogP contribution < -0.4 is 10.1 Å². The first-order valence-electron chi connectivity index (χ1n) is 7.14. The monoisotopic (exact) mass is 281 g/mol. The average Bonchev–Trinajstić information content (AvgIpc) is 2.90. The van der Waals surface area contributed by atoms with E-state index in [4.69, 9.17) is 9.72 Å². The maximum absolute atomic E-state index is 5.36. The summed E-state index contributed by atoms with van der Waals surface area (Å²) >= 11 is 0. The molecule has 0 aliphatic rings. The molecule has 0 spiro atoms. The maximum atomic E-state index is 5.36. The molecule has 0 amide bonds. The number of para-hydroxylation sites is 4. The molecular weight excluding hydrogens is 262 g/mol. The van der Waals surface area contributed by atoms with E-state index in [1.165, 1.54) is 5.52 Å². The lowest BCUT2D eigenvalue weighted by Gasteiger charge is -2.11. The van der Waals surface area contributed by atoms with E-state index in [1.54, 1.807) is 7.11 Å². The Hall–Kier alpha value is -2.49. The van der Waals surface area contributed by atoms with E-state index in [1.807, 2.05) is 42.5 Å². The normalized spacial score (nSPS) is 10.8. The predicted molar refractivity (Wildman–Crippen MR) is 85.7 cm³/mol. The molecule has 4 heteroatoms. The lowest BCUT2D eigenvalue weighted by atomic mass is 10.3. The molecule has 0 unspecified atom stereocenters. The summed E-state index contributed by atoms with van der Waals surface area (Å²) in [5.41, 5.74) is 3.20. The van der Waals surface area contributed by atoms with Crippen LogP contribution >= 0.6 is 0 Å². The van der Waals surface area contributed by atoms with Gasteiger partial charge in [-0.05, 0) is 31.2 Å². The van der Waals surface area contributed by atoms with Gasteiger partial charge in [0.25, 0.3) is 0 Å². The van der Waals surface area contributed by atoms with Crippen molar-refractivity contribution in [2.45, 2.75) is 20.0 Å². The smallest absolute Gasteiger partial charge is 0.141 e. The third kappa shape index (κ3) is 2.57. The molecule has 1 N–H and O–H groups in total. The molecule has 0 saturated heterocycles. The van der Waals surface area contributed by atoms with E-state index >= 15 is 0 Å². The number of methoxy groups -OCH3 is 1. The third-order valence-corrected chi connectivity index (χ3v) is 3.59. The minimum absolute atomic E-state index is 0.670. The van der Waals surface area contributed by atoms with Gasteiger partial charge in [0.2, 0.25) is 0 Å². The van der Waals surface area contributed by atoms with Crippen molar-refractivity contribution < 1.29 is 4.74 Å². The maximum Gasteiger partial charge on any atom is 0.141 e. The molecule has 0 atom stereocenters. The van der Waals surface area contributed by atoms with E-state index in [-0.39, 0.29) is 0 Å². The number of ether oxygens (including phenoxy) is 1. The van der Waals surface area contributed by atoms with E-state index < -0.39 is 0 Å². The Morgan fingerprint density at radius 1 is 1.10 bits per heavy atom. The largest absolute Gasteiger partial charge is 0.495 e. The summed E-state index contributed by atoms with van der Waals surface area (Å²) < 4.78 is 7.59. The van der Waals surface area contributed by atoms with Crippen LogP contribution in [0.15, 0.2) is 48.5 Å². The molecule has 0 aliphatic carbocycles. The quantitative estimate of drug-likeness (QED) is 0.775. The van der Waals surface area contributed by atoms with E-state index in [0.29, 0.717) is 6.54 Å². The number of nitrogens with zero attached hydrogens (tertiary/aromatic N) is 2. The van der Waals surface area contributed by atoms with Crippen molar-refractivity contribution in [3.05, 3.63) is 54.4 Å². The first-order chi connectivity index (χ1) is 10.3. The van der Waals surface area contributed by atoms with Crippen molar-refractivity contribution in [2.24, 2.45) is 0 Å². The van der Waals surface area contributed by atoms with Crippen molar-refractivity contribution in [1.82, 2.24) is 9.55 Å². The van der Waals surface area contributed by atoms with Crippen LogP contribution in [0.1, 0.15) is 12.7 Å². The van der Waals surface area contributed by atoms with Crippen LogP contribution in [-0.2, 0) is 13.1 Å². The van der Waals surface area contributed by atoms with Gasteiger partial charge < -0.3 is 14.6 Å². The molecule has 0 bridgehead atoms. The zero-order valence-corrected chi connectivity index (χ0v) is 12.3. The van der Waals surface area contributed by atoms with Crippen LogP contribution in [-0.4, -0.2) is 16.7 Å². The molecule has 4 nitrogen and oxygen atoms in total. The van der Waals surface area contributed by atoms with Crippen LogP contribution in [0.3, 0.4) is 0 Å². The predicted octanol–water partition coefficient (Wildman–Crippen LogP) is 3.68. The van der Waals surface area contributed by atoms with Gasteiger partial charge >= 0.3 is 0 Å². The highest BCUT2D eigenvalue weighted by Gasteiger charge is 2.09. The number of hydrogen-bond donors (Lipinski definition) is 1. The first-order valence-corrected chi connectivity index (χ1v) is 7.14. The van der Waals surface area contributed by atoms with Crippen LogP contribution in [0.25, 0.3) is 11.0 Å². The number of rotatable bonds is 5. The Balaban J connectivity index is 1.88. The fraction of sp³-hybridized carbons (Fsp3) is 0.235. The Bertz CT molecular complexity index is 749. The van der Waals surface area contributed by atoms with Crippen molar-refractivity contribution in [2.75, 3.05) is 12.4 Å². The Labute approximate surface area is 124 Å². The average molecular weight is 281 g/mol. The van der Waals surface area contributed by atoms with Gasteiger partial charge in [-0.25, -0.2) is 4.98 Å². The topological polar surface area (TPSA) is 39.1 Å². The summed E-state index contributed by atoms with van der Waals surface area (Å²) in [7, 11) is 1.68. The van der Waals surface area contributed by atoms with Gasteiger partial charge in [-0.3, -0.25) is 0 Å². The summed E-state index contributed by atoms with van der Waals surface area (Å²) in [4.78, 5) is 4.71. The zero-order chi connectivity index (χ0) is 14.7. The lowest BCUT2D eigenvalue weighted by molar-refractivity contribution is 0.416. The third-order valence-electron chi connectivity index (χ3n) is 3.59. The molecule has 0 aliphatic heterocycles. The van der Waals surface area contributed by atoms with Crippen LogP contribution in [0.4, 0.5) is 5.69 Å². The van der Waals surface area contributed by atoms with Gasteiger partial charge in [-0.1, -0.05) is 24.3 Å². The number of fused-ring (bicyclic) bond motifs is 1. The SMILES string of the molecule is CCn1c(CNc2ccccc2OC)nc2ccccc21. The number of aromatic nitrogens is 2. The first kappa shape index (κ1) is 13.5. The van der Waals surface area contributed by atoms with Gasteiger partial charge in [-0.15, -0.1) is 0 Å². The standard InChI is InChI=1S/C17H19N3O/c1-3-20-15-10-6-4-8-13(15)19-17(20)12-18-14-9-5-7-11-16(14)21-2/h4-11,18H,3,12H2,1-2H3. The summed E-state index contributed by atoms with van der Waals surface area (Å²) in [5.74, 6) is 1.88. The molecule has 2 aromatic carbocycles. The number of hydrogen-bond acceptors (Lipinski definition) is 3. The van der Waals surface area contributed by atoms with Crippen molar-refractivity contribution in [1.29, 1.82) is 0 Å². The van der Waals surface area contributed by atoms with E-state index in [2.05, 4.69) is 22.9 Å². The molecule has 3 aromatic rings. The number of anilines is 1. The highest BCUT2D eigenvalue weighted by molar-refractivity contribution is 5.76. The molecule has 108 valence electrons. The molecule has 0 fully saturated rings. The highest BCUT2D eigenvalue weighted by atomic mass is 16.5. The highest BCUT2D eigenvalue weighted by Crippen LogP contribution is 2.24. The Morgan fingerprint density at radius 3 is 2.67 bits per heavy atom. The summed E-state index contributed by atoms with van der Waals surface area (Å²) in [5, 5.41) is 3.41. The zero-order valence-electron chi connectivity index (χ0n) is 12.3. The van der Waals surface area contributed by atoms with Gasteiger partial charge in [-0.2, -0.15) is 0 Å². The number of aryl methyl sites for hydroxylation is 1. The fourth-order valence-corrected chi connectivity index (χ4v) is 2.58. The molecule has 1 aromatic heterocycles. The van der Waals surface area contributed by atoms with Crippen molar-refractivity contribution >= 4 is 16.7 Å². The lowest BCUT2D eigenvalue weighted by Crippen LogP contribution is -2.08.